The van der Waals surface area contributed by atoms with Crippen molar-refractivity contribution in [1.29, 1.82) is 0 Å². The number of hydrogen-bond donors (Lipinski definition) is 0. The lowest BCUT2D eigenvalue weighted by molar-refractivity contribution is 0.0667. The summed E-state index contributed by atoms with van der Waals surface area (Å²) < 4.78 is 3.87. The predicted octanol–water partition coefficient (Wildman–Crippen LogP) is 2.32. The first kappa shape index (κ1) is 14.0. The standard InChI is InChI=1S/C17H19N5O/c1-13-9-18-22(10-13)14-5-4-8-21(11-14)17(23)15-12-20-7-3-2-6-16(20)19-15/h2-3,6-7,9-10,12,14H,4-5,8,11H2,1H3/t14-/m1/s1. The molecule has 1 aliphatic heterocycles. The van der Waals surface area contributed by atoms with E-state index < -0.39 is 0 Å². The molecular formula is C17H19N5O. The molecule has 0 bridgehead atoms. The minimum atomic E-state index is 0.00211. The Morgan fingerprint density at radius 3 is 3.00 bits per heavy atom. The first-order valence-electron chi connectivity index (χ1n) is 7.94. The predicted molar refractivity (Wildman–Crippen MR) is 86.3 cm³/mol. The van der Waals surface area contributed by atoms with Gasteiger partial charge in [-0.2, -0.15) is 5.10 Å². The number of piperidine rings is 1. The van der Waals surface area contributed by atoms with Crippen LogP contribution in [-0.4, -0.2) is 43.1 Å². The van der Waals surface area contributed by atoms with Crippen LogP contribution in [0.3, 0.4) is 0 Å². The second kappa shape index (κ2) is 5.53. The number of pyridine rings is 1. The smallest absolute Gasteiger partial charge is 0.274 e. The Morgan fingerprint density at radius 1 is 1.30 bits per heavy atom. The van der Waals surface area contributed by atoms with Crippen LogP contribution in [0, 0.1) is 6.92 Å². The summed E-state index contributed by atoms with van der Waals surface area (Å²) in [6.45, 7) is 3.50. The van der Waals surface area contributed by atoms with Crippen LogP contribution < -0.4 is 0 Å². The van der Waals surface area contributed by atoms with Gasteiger partial charge in [0.25, 0.3) is 5.91 Å². The molecule has 1 atom stereocenters. The summed E-state index contributed by atoms with van der Waals surface area (Å²) in [5.41, 5.74) is 2.45. The summed E-state index contributed by atoms with van der Waals surface area (Å²) in [4.78, 5) is 19.1. The van der Waals surface area contributed by atoms with Crippen molar-refractivity contribution in [2.24, 2.45) is 0 Å². The summed E-state index contributed by atoms with van der Waals surface area (Å²) in [7, 11) is 0. The Balaban J connectivity index is 1.55. The fourth-order valence-corrected chi connectivity index (χ4v) is 3.19. The quantitative estimate of drug-likeness (QED) is 0.730. The van der Waals surface area contributed by atoms with E-state index in [1.165, 1.54) is 0 Å². The van der Waals surface area contributed by atoms with E-state index in [0.717, 1.165) is 30.6 Å². The zero-order valence-electron chi connectivity index (χ0n) is 13.1. The third-order valence-electron chi connectivity index (χ3n) is 4.37. The van der Waals surface area contributed by atoms with Crippen molar-refractivity contribution < 1.29 is 4.79 Å². The van der Waals surface area contributed by atoms with Crippen molar-refractivity contribution in [2.75, 3.05) is 13.1 Å². The molecule has 1 aliphatic rings. The van der Waals surface area contributed by atoms with E-state index in [1.54, 1.807) is 6.20 Å². The largest absolute Gasteiger partial charge is 0.335 e. The fraction of sp³-hybridized carbons (Fsp3) is 0.353. The molecule has 4 heterocycles. The van der Waals surface area contributed by atoms with Crippen LogP contribution in [0.1, 0.15) is 34.9 Å². The maximum atomic E-state index is 12.8. The van der Waals surface area contributed by atoms with Crippen LogP contribution >= 0.6 is 0 Å². The van der Waals surface area contributed by atoms with Gasteiger partial charge in [0.05, 0.1) is 12.2 Å². The van der Waals surface area contributed by atoms with Crippen LogP contribution in [0.2, 0.25) is 0 Å². The van der Waals surface area contributed by atoms with Crippen molar-refractivity contribution in [1.82, 2.24) is 24.1 Å². The monoisotopic (exact) mass is 309 g/mol. The first-order chi connectivity index (χ1) is 11.2. The molecule has 6 heteroatoms. The molecule has 0 aliphatic carbocycles. The van der Waals surface area contributed by atoms with E-state index in [9.17, 15) is 4.79 Å². The van der Waals surface area contributed by atoms with Crippen molar-refractivity contribution in [2.45, 2.75) is 25.8 Å². The van der Waals surface area contributed by atoms with Crippen LogP contribution in [0.4, 0.5) is 0 Å². The van der Waals surface area contributed by atoms with Crippen molar-refractivity contribution in [3.05, 3.63) is 54.2 Å². The zero-order valence-corrected chi connectivity index (χ0v) is 13.1. The highest BCUT2D eigenvalue weighted by Crippen LogP contribution is 2.22. The number of aryl methyl sites for hydroxylation is 1. The Bertz CT molecular complexity index is 816. The number of rotatable bonds is 2. The van der Waals surface area contributed by atoms with E-state index in [0.29, 0.717) is 12.2 Å². The molecule has 0 unspecified atom stereocenters. The molecule has 118 valence electrons. The number of likely N-dealkylation sites (tertiary alicyclic amines) is 1. The number of hydrogen-bond acceptors (Lipinski definition) is 3. The summed E-state index contributed by atoms with van der Waals surface area (Å²) in [6.07, 6.45) is 9.66. The molecule has 1 fully saturated rings. The SMILES string of the molecule is Cc1cnn([C@@H]2CCCN(C(=O)c3cn4ccccc4n3)C2)c1. The normalized spacial score (nSPS) is 18.5. The van der Waals surface area contributed by atoms with E-state index >= 15 is 0 Å². The van der Waals surface area contributed by atoms with Crippen LogP contribution in [0.25, 0.3) is 5.65 Å². The van der Waals surface area contributed by atoms with E-state index in [1.807, 2.05) is 57.7 Å². The van der Waals surface area contributed by atoms with Gasteiger partial charge in [-0.3, -0.25) is 9.48 Å². The lowest BCUT2D eigenvalue weighted by Gasteiger charge is -2.32. The molecule has 3 aromatic heterocycles. The number of nitrogens with zero attached hydrogens (tertiary/aromatic N) is 5. The highest BCUT2D eigenvalue weighted by molar-refractivity contribution is 5.93. The summed E-state index contributed by atoms with van der Waals surface area (Å²) >= 11 is 0. The maximum absolute atomic E-state index is 12.8. The Labute approximate surface area is 134 Å². The zero-order chi connectivity index (χ0) is 15.8. The third-order valence-corrected chi connectivity index (χ3v) is 4.37. The van der Waals surface area contributed by atoms with Gasteiger partial charge in [0, 0.05) is 31.7 Å². The van der Waals surface area contributed by atoms with Crippen molar-refractivity contribution in [3.8, 4) is 0 Å². The first-order valence-corrected chi connectivity index (χ1v) is 7.94. The number of carbonyl (C=O) groups is 1. The number of carbonyl (C=O) groups excluding carboxylic acids is 1. The van der Waals surface area contributed by atoms with Crippen molar-refractivity contribution >= 4 is 11.6 Å². The second-order valence-electron chi connectivity index (χ2n) is 6.14. The summed E-state index contributed by atoms with van der Waals surface area (Å²) in [5, 5.41) is 4.40. The lowest BCUT2D eigenvalue weighted by atomic mass is 10.1. The molecule has 0 N–H and O–H groups in total. The van der Waals surface area contributed by atoms with Gasteiger partial charge in [0.2, 0.25) is 0 Å². The van der Waals surface area contributed by atoms with E-state index in [4.69, 9.17) is 0 Å². The molecule has 0 spiro atoms. The number of aromatic nitrogens is 4. The average Bonchev–Trinajstić information content (AvgIpc) is 3.20. The summed E-state index contributed by atoms with van der Waals surface area (Å²) in [5.74, 6) is 0.00211. The van der Waals surface area contributed by atoms with Gasteiger partial charge in [-0.05, 0) is 37.5 Å². The number of fused-ring (bicyclic) bond motifs is 1. The fourth-order valence-electron chi connectivity index (χ4n) is 3.19. The molecule has 0 radical (unpaired) electrons. The molecule has 6 nitrogen and oxygen atoms in total. The van der Waals surface area contributed by atoms with Crippen molar-refractivity contribution in [3.63, 3.8) is 0 Å². The highest BCUT2D eigenvalue weighted by atomic mass is 16.2. The van der Waals surface area contributed by atoms with E-state index in [-0.39, 0.29) is 11.9 Å². The minimum absolute atomic E-state index is 0.00211. The molecule has 4 rings (SSSR count). The van der Waals surface area contributed by atoms with Crippen LogP contribution in [-0.2, 0) is 0 Å². The van der Waals surface area contributed by atoms with E-state index in [2.05, 4.69) is 10.1 Å². The number of amides is 1. The Hall–Kier alpha value is -2.63. The molecule has 3 aromatic rings. The topological polar surface area (TPSA) is 55.4 Å². The van der Waals surface area contributed by atoms with Crippen LogP contribution in [0.5, 0.6) is 0 Å². The van der Waals surface area contributed by atoms with Gasteiger partial charge in [-0.1, -0.05) is 6.07 Å². The lowest BCUT2D eigenvalue weighted by Crippen LogP contribution is -2.41. The molecule has 1 saturated heterocycles. The highest BCUT2D eigenvalue weighted by Gasteiger charge is 2.27. The minimum Gasteiger partial charge on any atom is -0.335 e. The third kappa shape index (κ3) is 2.60. The second-order valence-corrected chi connectivity index (χ2v) is 6.14. The Kier molecular flexibility index (Phi) is 3.37. The molecule has 1 amide bonds. The number of imidazole rings is 1. The molecule has 0 saturated carbocycles. The van der Waals surface area contributed by atoms with Gasteiger partial charge in [-0.15, -0.1) is 0 Å². The molecule has 23 heavy (non-hydrogen) atoms. The summed E-state index contributed by atoms with van der Waals surface area (Å²) in [6, 6.07) is 6.01. The van der Waals surface area contributed by atoms with Gasteiger partial charge in [0.15, 0.2) is 0 Å². The Morgan fingerprint density at radius 2 is 2.22 bits per heavy atom. The molecular weight excluding hydrogens is 290 g/mol. The average molecular weight is 309 g/mol. The van der Waals surface area contributed by atoms with Gasteiger partial charge < -0.3 is 9.30 Å². The van der Waals surface area contributed by atoms with Gasteiger partial charge in [0.1, 0.15) is 11.3 Å². The maximum Gasteiger partial charge on any atom is 0.274 e. The van der Waals surface area contributed by atoms with Crippen LogP contribution in [0.15, 0.2) is 43.0 Å². The van der Waals surface area contributed by atoms with Gasteiger partial charge in [-0.25, -0.2) is 4.98 Å². The molecule has 0 aromatic carbocycles. The van der Waals surface area contributed by atoms with Gasteiger partial charge >= 0.3 is 0 Å².